The van der Waals surface area contributed by atoms with Gasteiger partial charge in [-0.25, -0.2) is 9.59 Å². The highest BCUT2D eigenvalue weighted by Crippen LogP contribution is 2.40. The molecule has 2 saturated heterocycles. The SMILES string of the molecule is CCCOC(=O)c1cccc(CN2CN(c3ccccc3)C3(CCN(CCCn4c(=O)[nH]c5ccccc54)CC3)C2=O)c1. The van der Waals surface area contributed by atoms with Crippen molar-refractivity contribution in [2.24, 2.45) is 0 Å². The van der Waals surface area contributed by atoms with E-state index in [1.54, 1.807) is 6.07 Å². The molecule has 4 aromatic rings. The first-order chi connectivity index (χ1) is 21.0. The minimum Gasteiger partial charge on any atom is -0.462 e. The standard InChI is InChI=1S/C34H39N5O4/c1-2-22-43-31(40)27-11-8-10-26(23-27)24-37-25-39(28-12-4-3-5-13-28)34(32(37)41)16-20-36(21-17-34)18-9-19-38-30-15-7-6-14-29(30)35-33(38)42/h3-8,10-15,23H,2,9,16-22,24-25H2,1H3,(H,35,42). The quantitative estimate of drug-likeness (QED) is 0.275. The molecule has 6 rings (SSSR count). The number of fused-ring (bicyclic) bond motifs is 1. The number of aromatic amines is 1. The van der Waals surface area contributed by atoms with Crippen LogP contribution in [0.2, 0.25) is 0 Å². The van der Waals surface area contributed by atoms with Gasteiger partial charge in [0.15, 0.2) is 0 Å². The van der Waals surface area contributed by atoms with E-state index in [0.717, 1.165) is 67.6 Å². The van der Waals surface area contributed by atoms with Crippen molar-refractivity contribution >= 4 is 28.6 Å². The Hall–Kier alpha value is -4.37. The predicted molar refractivity (Wildman–Crippen MR) is 167 cm³/mol. The number of piperidine rings is 1. The van der Waals surface area contributed by atoms with Crippen LogP contribution in [0.25, 0.3) is 11.0 Å². The second kappa shape index (κ2) is 12.5. The van der Waals surface area contributed by atoms with Gasteiger partial charge in [0.25, 0.3) is 0 Å². The van der Waals surface area contributed by atoms with E-state index in [2.05, 4.69) is 26.9 Å². The van der Waals surface area contributed by atoms with Crippen LogP contribution in [0, 0.1) is 0 Å². The lowest BCUT2D eigenvalue weighted by molar-refractivity contribution is -0.134. The van der Waals surface area contributed by atoms with Crippen LogP contribution in [-0.2, 0) is 22.6 Å². The monoisotopic (exact) mass is 581 g/mol. The van der Waals surface area contributed by atoms with Crippen molar-refractivity contribution in [3.8, 4) is 0 Å². The third-order valence-electron chi connectivity index (χ3n) is 8.78. The Balaban J connectivity index is 1.14. The van der Waals surface area contributed by atoms with Gasteiger partial charge in [-0.15, -0.1) is 0 Å². The van der Waals surface area contributed by atoms with Gasteiger partial charge in [-0.05, 0) is 74.2 Å². The number of imidazole rings is 1. The minimum absolute atomic E-state index is 0.0719. The molecular formula is C34H39N5O4. The van der Waals surface area contributed by atoms with Gasteiger partial charge in [-0.3, -0.25) is 9.36 Å². The molecule has 0 unspecified atom stereocenters. The number of hydrogen-bond acceptors (Lipinski definition) is 6. The number of H-pyrrole nitrogens is 1. The van der Waals surface area contributed by atoms with Crippen molar-refractivity contribution in [1.82, 2.24) is 19.4 Å². The van der Waals surface area contributed by atoms with Crippen LogP contribution in [0.5, 0.6) is 0 Å². The number of carbonyl (C=O) groups is 2. The number of anilines is 1. The molecule has 2 aliphatic rings. The van der Waals surface area contributed by atoms with Crippen LogP contribution >= 0.6 is 0 Å². The second-order valence-corrected chi connectivity index (χ2v) is 11.6. The van der Waals surface area contributed by atoms with E-state index in [4.69, 9.17) is 4.74 Å². The van der Waals surface area contributed by atoms with Gasteiger partial charge in [0, 0.05) is 31.9 Å². The third kappa shape index (κ3) is 5.82. The van der Waals surface area contributed by atoms with Gasteiger partial charge >= 0.3 is 11.7 Å². The van der Waals surface area contributed by atoms with Gasteiger partial charge in [-0.1, -0.05) is 49.4 Å². The van der Waals surface area contributed by atoms with Crippen LogP contribution in [0.15, 0.2) is 83.7 Å². The number of carbonyl (C=O) groups excluding carboxylic acids is 2. The first kappa shape index (κ1) is 28.7. The van der Waals surface area contributed by atoms with Gasteiger partial charge in [-0.2, -0.15) is 0 Å². The number of aromatic nitrogens is 2. The van der Waals surface area contributed by atoms with Crippen LogP contribution in [0.4, 0.5) is 5.69 Å². The van der Waals surface area contributed by atoms with Crippen LogP contribution in [0.3, 0.4) is 0 Å². The number of aryl methyl sites for hydroxylation is 1. The van der Waals surface area contributed by atoms with Crippen LogP contribution in [-0.4, -0.2) is 69.7 Å². The molecule has 1 spiro atoms. The molecule has 0 aliphatic carbocycles. The first-order valence-corrected chi connectivity index (χ1v) is 15.3. The lowest BCUT2D eigenvalue weighted by Crippen LogP contribution is -2.56. The number of amides is 1. The summed E-state index contributed by atoms with van der Waals surface area (Å²) in [4.78, 5) is 48.7. The lowest BCUT2D eigenvalue weighted by Gasteiger charge is -2.43. The summed E-state index contributed by atoms with van der Waals surface area (Å²) in [7, 11) is 0. The van der Waals surface area contributed by atoms with Crippen LogP contribution in [0.1, 0.15) is 48.5 Å². The molecule has 9 heteroatoms. The zero-order valence-corrected chi connectivity index (χ0v) is 24.7. The van der Waals surface area contributed by atoms with Crippen molar-refractivity contribution in [3.05, 3.63) is 100 Å². The molecule has 2 aliphatic heterocycles. The summed E-state index contributed by atoms with van der Waals surface area (Å²) < 4.78 is 7.14. The Morgan fingerprint density at radius 2 is 1.70 bits per heavy atom. The summed E-state index contributed by atoms with van der Waals surface area (Å²) in [6.07, 6.45) is 3.09. The second-order valence-electron chi connectivity index (χ2n) is 11.6. The van der Waals surface area contributed by atoms with E-state index in [1.807, 2.05) is 77.1 Å². The van der Waals surface area contributed by atoms with E-state index in [-0.39, 0.29) is 17.6 Å². The maximum absolute atomic E-state index is 14.2. The molecule has 43 heavy (non-hydrogen) atoms. The van der Waals surface area contributed by atoms with Gasteiger partial charge < -0.3 is 24.4 Å². The summed E-state index contributed by atoms with van der Waals surface area (Å²) in [5.41, 5.74) is 3.58. The minimum atomic E-state index is -0.608. The summed E-state index contributed by atoms with van der Waals surface area (Å²) in [5.74, 6) is -0.193. The lowest BCUT2D eigenvalue weighted by atomic mass is 9.85. The Labute approximate surface area is 251 Å². The van der Waals surface area contributed by atoms with Crippen molar-refractivity contribution in [3.63, 3.8) is 0 Å². The first-order valence-electron chi connectivity index (χ1n) is 15.3. The van der Waals surface area contributed by atoms with Gasteiger partial charge in [0.05, 0.1) is 29.9 Å². The zero-order chi connectivity index (χ0) is 29.8. The van der Waals surface area contributed by atoms with E-state index in [0.29, 0.717) is 31.9 Å². The number of rotatable bonds is 10. The average molecular weight is 582 g/mol. The van der Waals surface area contributed by atoms with E-state index in [1.165, 1.54) is 0 Å². The van der Waals surface area contributed by atoms with Gasteiger partial charge in [0.1, 0.15) is 5.54 Å². The summed E-state index contributed by atoms with van der Waals surface area (Å²) in [6, 6.07) is 25.4. The summed E-state index contributed by atoms with van der Waals surface area (Å²) >= 11 is 0. The number of likely N-dealkylation sites (tertiary alicyclic amines) is 1. The molecule has 0 bridgehead atoms. The number of nitrogens with one attached hydrogen (secondary N) is 1. The molecule has 3 heterocycles. The fourth-order valence-corrected chi connectivity index (χ4v) is 6.55. The molecule has 1 aromatic heterocycles. The van der Waals surface area contributed by atoms with Gasteiger partial charge in [0.2, 0.25) is 5.91 Å². The molecule has 1 amide bonds. The van der Waals surface area contributed by atoms with Crippen molar-refractivity contribution in [2.75, 3.05) is 37.8 Å². The topological polar surface area (TPSA) is 90.9 Å². The number of ether oxygens (including phenoxy) is 1. The molecule has 3 aromatic carbocycles. The highest BCUT2D eigenvalue weighted by molar-refractivity contribution is 5.94. The predicted octanol–water partition coefficient (Wildman–Crippen LogP) is 4.63. The molecule has 1 N–H and O–H groups in total. The van der Waals surface area contributed by atoms with Crippen LogP contribution < -0.4 is 10.6 Å². The van der Waals surface area contributed by atoms with E-state index < -0.39 is 5.54 Å². The normalized spacial score (nSPS) is 16.8. The highest BCUT2D eigenvalue weighted by Gasteiger charge is 2.53. The number of nitrogens with zero attached hydrogens (tertiary/aromatic N) is 4. The highest BCUT2D eigenvalue weighted by atomic mass is 16.5. The average Bonchev–Trinajstić information content (AvgIpc) is 3.50. The zero-order valence-electron chi connectivity index (χ0n) is 24.7. The maximum Gasteiger partial charge on any atom is 0.338 e. The Morgan fingerprint density at radius 1 is 0.930 bits per heavy atom. The maximum atomic E-state index is 14.2. The molecular weight excluding hydrogens is 542 g/mol. The van der Waals surface area contributed by atoms with Crippen molar-refractivity contribution in [1.29, 1.82) is 0 Å². The molecule has 2 fully saturated rings. The number of benzene rings is 3. The molecule has 0 atom stereocenters. The summed E-state index contributed by atoms with van der Waals surface area (Å²) in [6.45, 7) is 6.42. The Morgan fingerprint density at radius 3 is 2.49 bits per heavy atom. The largest absolute Gasteiger partial charge is 0.462 e. The molecule has 0 radical (unpaired) electrons. The Bertz CT molecular complexity index is 1640. The van der Waals surface area contributed by atoms with E-state index >= 15 is 0 Å². The smallest absolute Gasteiger partial charge is 0.338 e. The van der Waals surface area contributed by atoms with E-state index in [9.17, 15) is 14.4 Å². The molecule has 9 nitrogen and oxygen atoms in total. The number of hydrogen-bond donors (Lipinski definition) is 1. The molecule has 0 saturated carbocycles. The number of esters is 1. The fourth-order valence-electron chi connectivity index (χ4n) is 6.55. The van der Waals surface area contributed by atoms with Crippen molar-refractivity contribution in [2.45, 2.75) is 51.2 Å². The summed E-state index contributed by atoms with van der Waals surface area (Å²) in [5, 5.41) is 0. The van der Waals surface area contributed by atoms with Crippen molar-refractivity contribution < 1.29 is 14.3 Å². The fraction of sp³-hybridized carbons (Fsp3) is 0.382. The Kier molecular flexibility index (Phi) is 8.33. The third-order valence-corrected chi connectivity index (χ3v) is 8.78. The number of para-hydroxylation sites is 3. The molecule has 224 valence electrons.